The Hall–Kier alpha value is -12.9. The zero-order chi connectivity index (χ0) is 87.4. The number of benzene rings is 15. The first kappa shape index (κ1) is 49.8. The molecule has 0 radical (unpaired) electrons. The molecule has 1 atom stereocenters. The van der Waals surface area contributed by atoms with E-state index in [1.54, 1.807) is 9.13 Å². The molecule has 0 bridgehead atoms. The van der Waals surface area contributed by atoms with Gasteiger partial charge < -0.3 is 28.1 Å². The van der Waals surface area contributed by atoms with Gasteiger partial charge in [-0.2, -0.15) is 0 Å². The van der Waals surface area contributed by atoms with Crippen LogP contribution in [0.1, 0.15) is 124 Å². The van der Waals surface area contributed by atoms with Crippen molar-refractivity contribution in [2.45, 2.75) is 84.5 Å². The van der Waals surface area contributed by atoms with Crippen molar-refractivity contribution >= 4 is 121 Å². The van der Waals surface area contributed by atoms with E-state index in [9.17, 15) is 16.4 Å². The largest absolute Gasteiger partial charge is 0.310 e. The van der Waals surface area contributed by atoms with Gasteiger partial charge in [-0.15, -0.1) is 0 Å². The predicted molar refractivity (Wildman–Crippen MR) is 461 cm³/mol. The lowest BCUT2D eigenvalue weighted by Gasteiger charge is -2.46. The summed E-state index contributed by atoms with van der Waals surface area (Å²) >= 11 is 0. The Balaban J connectivity index is 0.939. The molecule has 0 aliphatic carbocycles. The average Bonchev–Trinajstić information content (AvgIpc) is 1.63. The molecule has 0 spiro atoms. The molecular weight excluding hydrogens is 1320 g/mol. The Morgan fingerprint density at radius 1 is 0.248 bits per heavy atom. The molecule has 2 aliphatic heterocycles. The van der Waals surface area contributed by atoms with Gasteiger partial charge in [0.25, 0.3) is 0 Å². The maximum atomic E-state index is 9.92. The van der Waals surface area contributed by atoms with E-state index >= 15 is 0 Å². The first-order valence-corrected chi connectivity index (χ1v) is 37.2. The van der Waals surface area contributed by atoms with E-state index in [0.29, 0.717) is 22.7 Å². The third-order valence-electron chi connectivity index (χ3n) is 22.6. The van der Waals surface area contributed by atoms with Crippen LogP contribution in [-0.2, 0) is 16.2 Å². The van der Waals surface area contributed by atoms with Gasteiger partial charge in [0.2, 0.25) is 0 Å². The quantitative estimate of drug-likeness (QED) is 0.152. The second kappa shape index (κ2) is 23.8. The zero-order valence-electron chi connectivity index (χ0n) is 77.7. The van der Waals surface area contributed by atoms with Gasteiger partial charge in [-0.1, -0.05) is 262 Å². The molecule has 0 N–H and O–H groups in total. The average molecular weight is 1420 g/mol. The van der Waals surface area contributed by atoms with E-state index < -0.39 is 108 Å². The third-order valence-corrected chi connectivity index (χ3v) is 22.6. The zero-order valence-corrected chi connectivity index (χ0v) is 61.7. The molecule has 524 valence electrons. The van der Waals surface area contributed by atoms with Crippen LogP contribution in [0.25, 0.3) is 132 Å². The number of fused-ring (bicyclic) bond motifs is 16. The molecule has 2 aliphatic rings. The van der Waals surface area contributed by atoms with Crippen LogP contribution in [0.2, 0.25) is 0 Å². The number of hydrogen-bond donors (Lipinski definition) is 0. The standard InChI is InChI=1S/C103H82N6/c1-101(2,3)68-47-53-89-83(58-68)84-59-69(102(4,5)6)48-54-90(84)108(89)91-45-27-39-79-80-40-28-46-92(100(80)107(99(79)91)71-33-17-12-18-34-71)109-94-63-73(105-87-43-25-21-37-77(87)78-38-22-26-44-88(78)105)50-52-82(94)97-81-51-49-72(104-85-41-23-19-35-75(85)76-36-20-24-42-86(76)104)62-93(81)106(95-60-70(103(7,8)9)61-96(109)98(95)97)74-56-66(64-29-13-10-14-30-64)55-67(57-74)65-31-15-11-16-32-65/h10-63,97H,1-9H3/i19D,20D,21D,22D,23D,24D,25D,26D,35D,36D,37D,38D,41D,42D,43D,44D. The van der Waals surface area contributed by atoms with E-state index in [1.165, 1.54) is 11.1 Å². The Morgan fingerprint density at radius 2 is 0.661 bits per heavy atom. The number of rotatable bonds is 8. The molecule has 1 unspecified atom stereocenters. The van der Waals surface area contributed by atoms with Crippen LogP contribution < -0.4 is 9.80 Å². The van der Waals surface area contributed by atoms with E-state index in [1.807, 2.05) is 78.9 Å². The smallest absolute Gasteiger partial charge is 0.0783 e. The maximum Gasteiger partial charge on any atom is 0.0783 e. The Morgan fingerprint density at radius 3 is 1.12 bits per heavy atom. The first-order valence-electron chi connectivity index (χ1n) is 45.2. The van der Waals surface area contributed by atoms with Crippen molar-refractivity contribution in [2.24, 2.45) is 0 Å². The van der Waals surface area contributed by atoms with Gasteiger partial charge in [0, 0.05) is 77.3 Å². The number of anilines is 6. The SMILES string of the molecule is [2H]c1c([2H])c([2H])c2c(c1[2H])c1c([2H])c([2H])c([2H])c([2H])c1n2-c1ccc2c(c1)N(c1cc(-c3ccccc3)cc(-c3ccccc3)c1)c1cc(C(C)(C)C)cc3c1C2c1ccc(-n2c4c([2H])c([2H])c([2H])c([2H])c4c4c([2H])c([2H])c([2H])c([2H])c42)cc1N3c1cccc2c3cccc(-n4c5ccc(C(C)(C)C)cc5c5cc(C(C)(C)C)ccc54)c3n(-c3ccccc3)c12. The number of aromatic nitrogens is 4. The van der Waals surface area contributed by atoms with Crippen LogP contribution in [0.15, 0.2) is 327 Å². The molecule has 0 amide bonds. The lowest BCUT2D eigenvalue weighted by atomic mass is 9.73. The number of hydrogen-bond acceptors (Lipinski definition) is 2. The van der Waals surface area contributed by atoms with E-state index in [4.69, 9.17) is 5.48 Å². The van der Waals surface area contributed by atoms with Gasteiger partial charge in [-0.25, -0.2) is 0 Å². The Kier molecular flexibility index (Phi) is 10.9. The summed E-state index contributed by atoms with van der Waals surface area (Å²) in [5.74, 6) is -0.750. The van der Waals surface area contributed by atoms with Crippen LogP contribution in [-0.4, -0.2) is 18.3 Å². The minimum absolute atomic E-state index is 0.0462. The van der Waals surface area contributed by atoms with Gasteiger partial charge in [0.15, 0.2) is 0 Å². The summed E-state index contributed by atoms with van der Waals surface area (Å²) < 4.78 is 159. The van der Waals surface area contributed by atoms with Crippen LogP contribution >= 0.6 is 0 Å². The van der Waals surface area contributed by atoms with E-state index in [0.717, 1.165) is 122 Å². The fourth-order valence-corrected chi connectivity index (χ4v) is 17.4. The number of nitrogens with zero attached hydrogens (tertiary/aromatic N) is 6. The number of para-hydroxylation sites is 7. The third kappa shape index (κ3) is 9.86. The highest BCUT2D eigenvalue weighted by atomic mass is 15.2. The van der Waals surface area contributed by atoms with Crippen molar-refractivity contribution < 1.29 is 21.9 Å². The summed E-state index contributed by atoms with van der Waals surface area (Å²) in [5.41, 5.74) is 18.5. The van der Waals surface area contributed by atoms with Crippen LogP contribution in [0.3, 0.4) is 0 Å². The highest BCUT2D eigenvalue weighted by molar-refractivity contribution is 6.19. The summed E-state index contributed by atoms with van der Waals surface area (Å²) in [6.45, 7) is 20.0. The van der Waals surface area contributed by atoms with Crippen molar-refractivity contribution in [3.05, 3.63) is 361 Å². The lowest BCUT2D eigenvalue weighted by molar-refractivity contribution is 0.589. The lowest BCUT2D eigenvalue weighted by Crippen LogP contribution is -2.30. The molecule has 6 heterocycles. The minimum atomic E-state index is -0.750. The Bertz CT molecular complexity index is 7720. The molecule has 15 aromatic carbocycles. The van der Waals surface area contributed by atoms with Crippen molar-refractivity contribution in [3.63, 3.8) is 0 Å². The highest BCUT2D eigenvalue weighted by Crippen LogP contribution is 2.63. The summed E-state index contributed by atoms with van der Waals surface area (Å²) in [5, 5.41) is 3.83. The summed E-state index contributed by atoms with van der Waals surface area (Å²) in [7, 11) is 0. The molecule has 4 aromatic heterocycles. The predicted octanol–water partition coefficient (Wildman–Crippen LogP) is 28.0. The van der Waals surface area contributed by atoms with Crippen molar-refractivity contribution in [3.8, 4) is 45.0 Å². The molecule has 0 fully saturated rings. The van der Waals surface area contributed by atoms with E-state index in [2.05, 4.69) is 233 Å². The molecule has 0 saturated carbocycles. The normalized spacial score (nSPS) is 15.8. The molecule has 109 heavy (non-hydrogen) atoms. The molecule has 21 rings (SSSR count). The fourth-order valence-electron chi connectivity index (χ4n) is 17.4. The van der Waals surface area contributed by atoms with Gasteiger partial charge >= 0.3 is 0 Å². The summed E-state index contributed by atoms with van der Waals surface area (Å²) in [6.07, 6.45) is 0. The van der Waals surface area contributed by atoms with Crippen LogP contribution in [0.4, 0.5) is 34.1 Å². The Labute approximate surface area is 658 Å². The van der Waals surface area contributed by atoms with Gasteiger partial charge in [-0.05, 0) is 194 Å². The van der Waals surface area contributed by atoms with Crippen LogP contribution in [0.5, 0.6) is 0 Å². The fraction of sp³-hybridized carbons (Fsp3) is 0.126. The van der Waals surface area contributed by atoms with Crippen molar-refractivity contribution in [1.82, 2.24) is 18.3 Å². The second-order valence-electron chi connectivity index (χ2n) is 32.2. The highest BCUT2D eigenvalue weighted by Gasteiger charge is 2.44. The molecule has 6 nitrogen and oxygen atoms in total. The monoisotopic (exact) mass is 1420 g/mol. The van der Waals surface area contributed by atoms with Crippen molar-refractivity contribution in [1.29, 1.82) is 0 Å². The van der Waals surface area contributed by atoms with Gasteiger partial charge in [0.05, 0.1) is 100 Å². The molecule has 0 saturated heterocycles. The topological polar surface area (TPSA) is 26.2 Å². The van der Waals surface area contributed by atoms with E-state index in [-0.39, 0.29) is 54.4 Å². The van der Waals surface area contributed by atoms with Crippen molar-refractivity contribution in [2.75, 3.05) is 9.80 Å². The second-order valence-corrected chi connectivity index (χ2v) is 32.2. The minimum Gasteiger partial charge on any atom is -0.310 e. The van der Waals surface area contributed by atoms with Gasteiger partial charge in [0.1, 0.15) is 0 Å². The van der Waals surface area contributed by atoms with Gasteiger partial charge in [-0.3, -0.25) is 0 Å². The summed E-state index contributed by atoms with van der Waals surface area (Å²) in [4.78, 5) is 4.59. The molecule has 6 heteroatoms. The van der Waals surface area contributed by atoms with Crippen LogP contribution in [0, 0.1) is 0 Å². The maximum absolute atomic E-state index is 9.92. The molecule has 19 aromatic rings. The first-order chi connectivity index (χ1) is 59.6. The summed E-state index contributed by atoms with van der Waals surface area (Å²) in [6, 6.07) is 72.1. The molecular formula is C103H82N6.